The van der Waals surface area contributed by atoms with Crippen LogP contribution < -0.4 is 5.32 Å². The maximum atomic E-state index is 12.7. The Hall–Kier alpha value is -2.25. The monoisotopic (exact) mass is 370 g/mol. The number of amides is 1. The van der Waals surface area contributed by atoms with Gasteiger partial charge >= 0.3 is 0 Å². The lowest BCUT2D eigenvalue weighted by Gasteiger charge is -2.29. The summed E-state index contributed by atoms with van der Waals surface area (Å²) in [5, 5.41) is 9.22. The molecule has 2 fully saturated rings. The highest BCUT2D eigenvalue weighted by atomic mass is 16.7. The molecule has 1 aromatic heterocycles. The molecule has 1 saturated heterocycles. The van der Waals surface area contributed by atoms with Gasteiger partial charge in [-0.2, -0.15) is 10.0 Å². The molecule has 144 valence electrons. The Kier molecular flexibility index (Phi) is 5.50. The Morgan fingerprint density at radius 1 is 1.26 bits per heavy atom. The normalized spacial score (nSPS) is 19.7. The molecule has 27 heavy (non-hydrogen) atoms. The predicted octanol–water partition coefficient (Wildman–Crippen LogP) is 2.82. The first-order valence-electron chi connectivity index (χ1n) is 9.70. The molecule has 7 nitrogen and oxygen atoms in total. The minimum Gasteiger partial charge on any atom is -0.342 e. The smallest absolute Gasteiger partial charge is 0.229 e. The minimum atomic E-state index is -0.381. The molecule has 2 aliphatic rings. The summed E-state index contributed by atoms with van der Waals surface area (Å²) in [5.41, 5.74) is 0.961. The van der Waals surface area contributed by atoms with Gasteiger partial charge in [0.1, 0.15) is 6.04 Å². The van der Waals surface area contributed by atoms with Crippen LogP contribution >= 0.6 is 0 Å². The fourth-order valence-corrected chi connectivity index (χ4v) is 3.58. The zero-order chi connectivity index (χ0) is 18.6. The number of carbonyl (C=O) groups excluding carboxylic acids is 1. The summed E-state index contributed by atoms with van der Waals surface area (Å²) >= 11 is 0. The molecule has 2 aromatic rings. The number of nitrogens with one attached hydrogen (secondary N) is 1. The lowest BCUT2D eigenvalue weighted by atomic mass is 9.94. The molecule has 1 N–H and O–H groups in total. The van der Waals surface area contributed by atoms with Crippen molar-refractivity contribution < 1.29 is 14.2 Å². The van der Waals surface area contributed by atoms with E-state index in [1.165, 1.54) is 0 Å². The van der Waals surface area contributed by atoms with Crippen molar-refractivity contribution in [2.45, 2.75) is 44.1 Å². The van der Waals surface area contributed by atoms with Crippen LogP contribution in [0, 0.1) is 5.92 Å². The fourth-order valence-electron chi connectivity index (χ4n) is 3.58. The molecule has 1 unspecified atom stereocenters. The van der Waals surface area contributed by atoms with Crippen molar-refractivity contribution in [3.8, 4) is 0 Å². The highest BCUT2D eigenvalue weighted by molar-refractivity contribution is 5.77. The van der Waals surface area contributed by atoms with Gasteiger partial charge in [-0.3, -0.25) is 4.79 Å². The van der Waals surface area contributed by atoms with Crippen LogP contribution in [0.15, 0.2) is 34.9 Å². The Bertz CT molecular complexity index is 752. The number of hydrogen-bond donors (Lipinski definition) is 1. The molecule has 4 rings (SSSR count). The van der Waals surface area contributed by atoms with Crippen molar-refractivity contribution in [2.24, 2.45) is 5.92 Å². The molecule has 1 atom stereocenters. The molecular weight excluding hydrogens is 344 g/mol. The fraction of sp³-hybridized carbons (Fsp3) is 0.550. The average molecular weight is 370 g/mol. The Labute approximate surface area is 159 Å². The maximum absolute atomic E-state index is 12.7. The van der Waals surface area contributed by atoms with E-state index in [1.54, 1.807) is 7.11 Å². The van der Waals surface area contributed by atoms with E-state index in [9.17, 15) is 4.79 Å². The molecule has 2 heterocycles. The molecule has 7 heteroatoms. The van der Waals surface area contributed by atoms with Crippen molar-refractivity contribution in [2.75, 3.05) is 20.2 Å². The number of piperidine rings is 1. The summed E-state index contributed by atoms with van der Waals surface area (Å²) in [6.07, 6.45) is 4.64. The van der Waals surface area contributed by atoms with Crippen molar-refractivity contribution in [1.29, 1.82) is 0 Å². The highest BCUT2D eigenvalue weighted by Gasteiger charge is 2.32. The van der Waals surface area contributed by atoms with Crippen LogP contribution in [0.2, 0.25) is 0 Å². The van der Waals surface area contributed by atoms with Gasteiger partial charge in [-0.05, 0) is 37.2 Å². The molecule has 0 radical (unpaired) electrons. The number of hydroxylamine groups is 2. The molecule has 1 aliphatic carbocycles. The standard InChI is InChI=1S/C20H26N4O3/c1-26-24-11-9-14(10-12-24)13-17(25)21-18(15-5-3-2-4-6-15)19-22-20(27-23-19)16-7-8-16/h2-6,14,16,18H,7-13H2,1H3,(H,21,25). The second-order valence-electron chi connectivity index (χ2n) is 7.44. The van der Waals surface area contributed by atoms with Crippen LogP contribution in [0.3, 0.4) is 0 Å². The third-order valence-corrected chi connectivity index (χ3v) is 5.39. The number of hydrogen-bond acceptors (Lipinski definition) is 6. The number of nitrogens with zero attached hydrogens (tertiary/aromatic N) is 3. The van der Waals surface area contributed by atoms with Gasteiger partial charge < -0.3 is 14.7 Å². The molecular formula is C20H26N4O3. The zero-order valence-electron chi connectivity index (χ0n) is 15.6. The van der Waals surface area contributed by atoms with Crippen LogP contribution in [-0.4, -0.2) is 41.3 Å². The van der Waals surface area contributed by atoms with Crippen LogP contribution in [0.5, 0.6) is 0 Å². The van der Waals surface area contributed by atoms with Crippen molar-refractivity contribution >= 4 is 5.91 Å². The minimum absolute atomic E-state index is 0.0255. The second-order valence-corrected chi connectivity index (χ2v) is 7.44. The Morgan fingerprint density at radius 3 is 2.67 bits per heavy atom. The first kappa shape index (κ1) is 18.1. The summed E-state index contributed by atoms with van der Waals surface area (Å²) in [4.78, 5) is 22.5. The topological polar surface area (TPSA) is 80.5 Å². The van der Waals surface area contributed by atoms with E-state index in [-0.39, 0.29) is 11.9 Å². The largest absolute Gasteiger partial charge is 0.342 e. The summed E-state index contributed by atoms with van der Waals surface area (Å²) in [6.45, 7) is 1.73. The molecule has 1 amide bonds. The van der Waals surface area contributed by atoms with Crippen molar-refractivity contribution in [3.63, 3.8) is 0 Å². The number of aromatic nitrogens is 2. The van der Waals surface area contributed by atoms with E-state index >= 15 is 0 Å². The van der Waals surface area contributed by atoms with Gasteiger partial charge in [-0.25, -0.2) is 0 Å². The third kappa shape index (κ3) is 4.54. The molecule has 0 bridgehead atoms. The van der Waals surface area contributed by atoms with E-state index in [0.717, 1.165) is 44.3 Å². The van der Waals surface area contributed by atoms with E-state index < -0.39 is 0 Å². The lowest BCUT2D eigenvalue weighted by Crippen LogP contribution is -2.36. The number of rotatable bonds is 7. The van der Waals surface area contributed by atoms with Crippen molar-refractivity contribution in [3.05, 3.63) is 47.6 Å². The average Bonchev–Trinajstić information content (AvgIpc) is 3.45. The van der Waals surface area contributed by atoms with Crippen molar-refractivity contribution in [1.82, 2.24) is 20.5 Å². The van der Waals surface area contributed by atoms with Gasteiger partial charge in [0.25, 0.3) is 0 Å². The van der Waals surface area contributed by atoms with E-state index in [1.807, 2.05) is 35.4 Å². The Balaban J connectivity index is 1.43. The van der Waals surface area contributed by atoms with Gasteiger partial charge in [0.05, 0.1) is 7.11 Å². The molecule has 0 spiro atoms. The SMILES string of the molecule is CON1CCC(CC(=O)NC(c2ccccc2)c2noc(C3CC3)n2)CC1. The summed E-state index contributed by atoms with van der Waals surface area (Å²) in [7, 11) is 1.69. The van der Waals surface area contributed by atoms with E-state index in [0.29, 0.717) is 30.0 Å². The van der Waals surface area contributed by atoms with Crippen LogP contribution in [0.25, 0.3) is 0 Å². The molecule has 1 aliphatic heterocycles. The number of carbonyl (C=O) groups is 1. The van der Waals surface area contributed by atoms with Gasteiger partial charge in [-0.15, -0.1) is 0 Å². The van der Waals surface area contributed by atoms with Crippen LogP contribution in [0.4, 0.5) is 0 Å². The summed E-state index contributed by atoms with van der Waals surface area (Å²) in [6, 6.07) is 9.45. The molecule has 1 aromatic carbocycles. The zero-order valence-corrected chi connectivity index (χ0v) is 15.6. The summed E-state index contributed by atoms with van der Waals surface area (Å²) < 4.78 is 5.41. The predicted molar refractivity (Wildman–Crippen MR) is 98.6 cm³/mol. The van der Waals surface area contributed by atoms with Gasteiger partial charge in [0.15, 0.2) is 5.82 Å². The van der Waals surface area contributed by atoms with Crippen LogP contribution in [-0.2, 0) is 9.63 Å². The lowest BCUT2D eigenvalue weighted by molar-refractivity contribution is -0.150. The third-order valence-electron chi connectivity index (χ3n) is 5.39. The van der Waals surface area contributed by atoms with E-state index in [4.69, 9.17) is 9.36 Å². The maximum Gasteiger partial charge on any atom is 0.229 e. The first-order chi connectivity index (χ1) is 13.2. The number of benzene rings is 1. The highest BCUT2D eigenvalue weighted by Crippen LogP contribution is 2.39. The van der Waals surface area contributed by atoms with Gasteiger partial charge in [0, 0.05) is 25.4 Å². The quantitative estimate of drug-likeness (QED) is 0.807. The van der Waals surface area contributed by atoms with Crippen LogP contribution in [0.1, 0.15) is 61.3 Å². The van der Waals surface area contributed by atoms with E-state index in [2.05, 4.69) is 15.5 Å². The summed E-state index contributed by atoms with van der Waals surface area (Å²) in [5.74, 6) is 2.01. The molecule has 1 saturated carbocycles. The van der Waals surface area contributed by atoms with Gasteiger partial charge in [-0.1, -0.05) is 35.5 Å². The van der Waals surface area contributed by atoms with Gasteiger partial charge in [0.2, 0.25) is 11.8 Å². The Morgan fingerprint density at radius 2 is 2.00 bits per heavy atom. The second kappa shape index (κ2) is 8.19. The first-order valence-corrected chi connectivity index (χ1v) is 9.70.